The second kappa shape index (κ2) is 8.43. The van der Waals surface area contributed by atoms with Crippen molar-refractivity contribution in [1.82, 2.24) is 0 Å². The first-order valence-corrected chi connectivity index (χ1v) is 7.95. The molecule has 0 fully saturated rings. The lowest BCUT2D eigenvalue weighted by atomic mass is 10.1. The molecule has 0 heterocycles. The Morgan fingerprint density at radius 1 is 1.13 bits per heavy atom. The Kier molecular flexibility index (Phi) is 6.29. The van der Waals surface area contributed by atoms with Crippen molar-refractivity contribution in [3.8, 4) is 11.5 Å². The summed E-state index contributed by atoms with van der Waals surface area (Å²) < 4.78 is 11.4. The largest absolute Gasteiger partial charge is 0.497 e. The van der Waals surface area contributed by atoms with Gasteiger partial charge in [-0.3, -0.25) is 4.99 Å². The van der Waals surface area contributed by atoms with Gasteiger partial charge < -0.3 is 20.5 Å². The topological polar surface area (TPSA) is 68.9 Å². The average Bonchev–Trinajstić information content (AvgIpc) is 2.56. The van der Waals surface area contributed by atoms with Crippen LogP contribution >= 0.6 is 15.9 Å². The molecule has 0 aliphatic rings. The number of methoxy groups -OCH3 is 2. The highest BCUT2D eigenvalue weighted by molar-refractivity contribution is 9.10. The fourth-order valence-electron chi connectivity index (χ4n) is 2.14. The van der Waals surface area contributed by atoms with Gasteiger partial charge in [-0.25, -0.2) is 0 Å². The van der Waals surface area contributed by atoms with Crippen LogP contribution in [0.15, 0.2) is 51.9 Å². The Hall–Kier alpha value is -2.21. The van der Waals surface area contributed by atoms with Gasteiger partial charge in [0.05, 0.1) is 18.7 Å². The molecule has 0 unspecified atom stereocenters. The number of para-hydroxylation sites is 1. The monoisotopic (exact) mass is 377 g/mol. The number of nitrogens with one attached hydrogen (secondary N) is 1. The maximum atomic E-state index is 5.91. The van der Waals surface area contributed by atoms with Crippen molar-refractivity contribution in [2.45, 2.75) is 6.42 Å². The van der Waals surface area contributed by atoms with Crippen LogP contribution in [0.25, 0.3) is 0 Å². The second-order valence-electron chi connectivity index (χ2n) is 4.80. The fraction of sp³-hybridized carbons (Fsp3) is 0.235. The van der Waals surface area contributed by atoms with Crippen LogP contribution in [0.3, 0.4) is 0 Å². The number of rotatable bonds is 6. The molecular formula is C17H20BrN3O2. The van der Waals surface area contributed by atoms with Gasteiger partial charge in [0.1, 0.15) is 11.5 Å². The highest BCUT2D eigenvalue weighted by atomic mass is 79.9. The smallest absolute Gasteiger partial charge is 0.193 e. The van der Waals surface area contributed by atoms with E-state index in [0.29, 0.717) is 12.5 Å². The molecule has 0 saturated carbocycles. The Morgan fingerprint density at radius 2 is 1.87 bits per heavy atom. The van der Waals surface area contributed by atoms with E-state index in [4.69, 9.17) is 15.2 Å². The number of nitrogens with zero attached hydrogens (tertiary/aromatic N) is 1. The minimum atomic E-state index is 0.379. The van der Waals surface area contributed by atoms with Gasteiger partial charge in [0.15, 0.2) is 5.96 Å². The maximum Gasteiger partial charge on any atom is 0.193 e. The number of aliphatic imine (C=N–C) groups is 1. The minimum absolute atomic E-state index is 0.379. The highest BCUT2D eigenvalue weighted by Gasteiger charge is 2.06. The molecule has 2 aromatic rings. The number of hydrogen-bond acceptors (Lipinski definition) is 3. The van der Waals surface area contributed by atoms with E-state index in [1.54, 1.807) is 14.2 Å². The fourth-order valence-corrected chi connectivity index (χ4v) is 2.71. The summed E-state index contributed by atoms with van der Waals surface area (Å²) in [6.45, 7) is 0.571. The third kappa shape index (κ3) is 4.89. The zero-order valence-corrected chi connectivity index (χ0v) is 14.8. The number of benzene rings is 2. The van der Waals surface area contributed by atoms with Crippen molar-refractivity contribution in [2.24, 2.45) is 10.7 Å². The molecule has 5 nitrogen and oxygen atoms in total. The van der Waals surface area contributed by atoms with Crippen LogP contribution in [0.4, 0.5) is 5.69 Å². The minimum Gasteiger partial charge on any atom is -0.497 e. The standard InChI is InChI=1S/C17H20BrN3O2/c1-22-14-8-6-13(7-9-14)21-17(19)20-11-10-12-4-3-5-15(18)16(12)23-2/h3-9H,10-11H2,1-2H3,(H3,19,20,21). The van der Waals surface area contributed by atoms with Gasteiger partial charge in [0.25, 0.3) is 0 Å². The maximum absolute atomic E-state index is 5.91. The molecule has 0 saturated heterocycles. The number of ether oxygens (including phenoxy) is 2. The summed E-state index contributed by atoms with van der Waals surface area (Å²) in [6.07, 6.45) is 0.744. The Bertz CT molecular complexity index is 672. The lowest BCUT2D eigenvalue weighted by Gasteiger charge is -2.10. The number of hydrogen-bond donors (Lipinski definition) is 2. The van der Waals surface area contributed by atoms with Crippen molar-refractivity contribution in [1.29, 1.82) is 0 Å². The van der Waals surface area contributed by atoms with E-state index in [2.05, 4.69) is 26.2 Å². The normalized spacial score (nSPS) is 11.2. The molecule has 23 heavy (non-hydrogen) atoms. The van der Waals surface area contributed by atoms with Gasteiger partial charge in [-0.05, 0) is 58.2 Å². The van der Waals surface area contributed by atoms with Crippen LogP contribution in [0.5, 0.6) is 11.5 Å². The molecular weight excluding hydrogens is 358 g/mol. The molecule has 0 aromatic heterocycles. The predicted octanol–water partition coefficient (Wildman–Crippen LogP) is 3.44. The molecule has 0 bridgehead atoms. The Labute approximate surface area is 144 Å². The lowest BCUT2D eigenvalue weighted by molar-refractivity contribution is 0.407. The highest BCUT2D eigenvalue weighted by Crippen LogP contribution is 2.28. The zero-order valence-electron chi connectivity index (χ0n) is 13.2. The SMILES string of the molecule is COc1ccc(NC(N)=NCCc2cccc(Br)c2OC)cc1. The number of anilines is 1. The van der Waals surface area contributed by atoms with Crippen LogP contribution in [-0.2, 0) is 6.42 Å². The van der Waals surface area contributed by atoms with E-state index in [1.165, 1.54) is 0 Å². The van der Waals surface area contributed by atoms with E-state index in [-0.39, 0.29) is 0 Å². The summed E-state index contributed by atoms with van der Waals surface area (Å²) in [7, 11) is 3.29. The molecule has 2 rings (SSSR count). The molecule has 0 atom stereocenters. The Morgan fingerprint density at radius 3 is 2.52 bits per heavy atom. The molecule has 0 aliphatic carbocycles. The summed E-state index contributed by atoms with van der Waals surface area (Å²) in [5.74, 6) is 2.02. The lowest BCUT2D eigenvalue weighted by Crippen LogP contribution is -2.23. The average molecular weight is 378 g/mol. The van der Waals surface area contributed by atoms with Crippen molar-refractivity contribution < 1.29 is 9.47 Å². The van der Waals surface area contributed by atoms with Crippen molar-refractivity contribution in [2.75, 3.05) is 26.1 Å². The molecule has 2 aromatic carbocycles. The van der Waals surface area contributed by atoms with Crippen LogP contribution < -0.4 is 20.5 Å². The molecule has 0 radical (unpaired) electrons. The quantitative estimate of drug-likeness (QED) is 0.597. The first kappa shape index (κ1) is 17.1. The first-order valence-electron chi connectivity index (χ1n) is 7.16. The van der Waals surface area contributed by atoms with E-state index in [1.807, 2.05) is 42.5 Å². The van der Waals surface area contributed by atoms with Crippen molar-refractivity contribution >= 4 is 27.6 Å². The summed E-state index contributed by atoms with van der Waals surface area (Å²) in [5.41, 5.74) is 7.86. The third-order valence-corrected chi connectivity index (χ3v) is 3.90. The molecule has 0 amide bonds. The molecule has 0 aliphatic heterocycles. The van der Waals surface area contributed by atoms with E-state index >= 15 is 0 Å². The molecule has 122 valence electrons. The van der Waals surface area contributed by atoms with Gasteiger partial charge in [-0.15, -0.1) is 0 Å². The van der Waals surface area contributed by atoms with Crippen LogP contribution in [0.2, 0.25) is 0 Å². The predicted molar refractivity (Wildman–Crippen MR) is 97.5 cm³/mol. The van der Waals surface area contributed by atoms with E-state index in [0.717, 1.165) is 33.6 Å². The number of guanidine groups is 1. The zero-order chi connectivity index (χ0) is 16.7. The summed E-state index contributed by atoms with van der Waals surface area (Å²) in [5, 5.41) is 3.05. The van der Waals surface area contributed by atoms with Crippen LogP contribution in [0, 0.1) is 0 Å². The number of halogens is 1. The van der Waals surface area contributed by atoms with E-state index in [9.17, 15) is 0 Å². The number of nitrogens with two attached hydrogens (primary N) is 1. The van der Waals surface area contributed by atoms with Crippen LogP contribution in [0.1, 0.15) is 5.56 Å². The first-order chi connectivity index (χ1) is 11.1. The van der Waals surface area contributed by atoms with Crippen molar-refractivity contribution in [3.05, 3.63) is 52.5 Å². The van der Waals surface area contributed by atoms with Crippen LogP contribution in [-0.4, -0.2) is 26.7 Å². The van der Waals surface area contributed by atoms with Gasteiger partial charge >= 0.3 is 0 Å². The molecule has 6 heteroatoms. The van der Waals surface area contributed by atoms with Gasteiger partial charge in [0.2, 0.25) is 0 Å². The summed E-state index contributed by atoms with van der Waals surface area (Å²) in [4.78, 5) is 4.34. The van der Waals surface area contributed by atoms with Gasteiger partial charge in [0, 0.05) is 12.2 Å². The summed E-state index contributed by atoms with van der Waals surface area (Å²) in [6, 6.07) is 13.4. The third-order valence-electron chi connectivity index (χ3n) is 3.28. The van der Waals surface area contributed by atoms with E-state index < -0.39 is 0 Å². The molecule has 3 N–H and O–H groups in total. The second-order valence-corrected chi connectivity index (χ2v) is 5.66. The van der Waals surface area contributed by atoms with Gasteiger partial charge in [-0.2, -0.15) is 0 Å². The summed E-state index contributed by atoms with van der Waals surface area (Å²) >= 11 is 3.48. The van der Waals surface area contributed by atoms with Crippen molar-refractivity contribution in [3.63, 3.8) is 0 Å². The Balaban J connectivity index is 1.93. The van der Waals surface area contributed by atoms with Gasteiger partial charge in [-0.1, -0.05) is 12.1 Å². The molecule has 0 spiro atoms.